The van der Waals surface area contributed by atoms with Gasteiger partial charge in [-0.05, 0) is 67.9 Å². The number of fused-ring (bicyclic) bond motifs is 1. The summed E-state index contributed by atoms with van der Waals surface area (Å²) in [6, 6.07) is 5.98. The highest BCUT2D eigenvalue weighted by atomic mass is 16.6. The molecule has 1 aliphatic heterocycles. The van der Waals surface area contributed by atoms with Gasteiger partial charge in [-0.1, -0.05) is 19.9 Å². The van der Waals surface area contributed by atoms with Gasteiger partial charge in [0.15, 0.2) is 0 Å². The Labute approximate surface area is 155 Å². The average Bonchev–Trinajstić information content (AvgIpc) is 3.00. The molecule has 1 aromatic rings. The van der Waals surface area contributed by atoms with E-state index in [2.05, 4.69) is 13.8 Å². The quantitative estimate of drug-likeness (QED) is 0.707. The van der Waals surface area contributed by atoms with E-state index in [-0.39, 0.29) is 11.3 Å². The normalized spacial score (nSPS) is 21.8. The first-order chi connectivity index (χ1) is 12.0. The Morgan fingerprint density at radius 2 is 1.92 bits per heavy atom. The monoisotopic (exact) mass is 357 g/mol. The maximum atomic E-state index is 13.0. The van der Waals surface area contributed by atoms with E-state index in [4.69, 9.17) is 9.47 Å². The van der Waals surface area contributed by atoms with E-state index in [1.165, 1.54) is 10.5 Å². The van der Waals surface area contributed by atoms with Crippen LogP contribution in [0.15, 0.2) is 23.8 Å². The number of likely N-dealkylation sites (tertiary alicyclic amines) is 1. The molecule has 0 unspecified atom stereocenters. The first-order valence-electron chi connectivity index (χ1n) is 8.99. The summed E-state index contributed by atoms with van der Waals surface area (Å²) in [4.78, 5) is 26.6. The van der Waals surface area contributed by atoms with Gasteiger partial charge in [0.1, 0.15) is 11.4 Å². The fourth-order valence-electron chi connectivity index (χ4n) is 3.91. The van der Waals surface area contributed by atoms with Gasteiger partial charge in [0.2, 0.25) is 0 Å². The molecular formula is C21H27NO4. The molecule has 0 aromatic heterocycles. The van der Waals surface area contributed by atoms with Crippen molar-refractivity contribution in [3.63, 3.8) is 0 Å². The van der Waals surface area contributed by atoms with Crippen molar-refractivity contribution in [1.82, 2.24) is 4.90 Å². The van der Waals surface area contributed by atoms with Gasteiger partial charge < -0.3 is 9.47 Å². The number of carbonyl (C=O) groups is 2. The van der Waals surface area contributed by atoms with Crippen molar-refractivity contribution >= 4 is 17.6 Å². The number of amides is 2. The predicted octanol–water partition coefficient (Wildman–Crippen LogP) is 4.20. The van der Waals surface area contributed by atoms with Crippen molar-refractivity contribution in [1.29, 1.82) is 0 Å². The second-order valence-corrected chi connectivity index (χ2v) is 8.62. The molecule has 1 heterocycles. The van der Waals surface area contributed by atoms with Crippen molar-refractivity contribution in [3.8, 4) is 5.75 Å². The summed E-state index contributed by atoms with van der Waals surface area (Å²) in [6.07, 6.45) is 0.837. The Morgan fingerprint density at radius 1 is 1.23 bits per heavy atom. The minimum atomic E-state index is -0.622. The lowest BCUT2D eigenvalue weighted by atomic mass is 9.81. The zero-order valence-electron chi connectivity index (χ0n) is 16.4. The lowest BCUT2D eigenvalue weighted by molar-refractivity contribution is -0.124. The Morgan fingerprint density at radius 3 is 2.54 bits per heavy atom. The number of imide groups is 1. The summed E-state index contributed by atoms with van der Waals surface area (Å²) in [5.74, 6) is 0.588. The smallest absolute Gasteiger partial charge is 0.417 e. The van der Waals surface area contributed by atoms with Crippen LogP contribution in [0, 0.1) is 5.41 Å². The summed E-state index contributed by atoms with van der Waals surface area (Å²) in [5.41, 5.74) is 3.26. The minimum absolute atomic E-state index is 0.163. The molecule has 26 heavy (non-hydrogen) atoms. The van der Waals surface area contributed by atoms with Gasteiger partial charge in [-0.2, -0.15) is 0 Å². The number of nitrogens with zero attached hydrogens (tertiary/aromatic N) is 1. The third kappa shape index (κ3) is 3.22. The van der Waals surface area contributed by atoms with Crippen LogP contribution in [0.25, 0.3) is 5.57 Å². The fraction of sp³-hybridized carbons (Fsp3) is 0.524. The van der Waals surface area contributed by atoms with Gasteiger partial charge >= 0.3 is 6.09 Å². The van der Waals surface area contributed by atoms with Crippen LogP contribution in [0.5, 0.6) is 5.75 Å². The molecular weight excluding hydrogens is 330 g/mol. The Bertz CT molecular complexity index is 799. The number of benzene rings is 1. The molecule has 1 aromatic carbocycles. The molecule has 0 spiro atoms. The fourth-order valence-corrected chi connectivity index (χ4v) is 3.91. The van der Waals surface area contributed by atoms with Crippen molar-refractivity contribution < 1.29 is 19.1 Å². The molecule has 0 atom stereocenters. The average molecular weight is 357 g/mol. The van der Waals surface area contributed by atoms with Gasteiger partial charge in [-0.15, -0.1) is 0 Å². The topological polar surface area (TPSA) is 55.8 Å². The van der Waals surface area contributed by atoms with E-state index >= 15 is 0 Å². The summed E-state index contributed by atoms with van der Waals surface area (Å²) < 4.78 is 10.7. The zero-order valence-corrected chi connectivity index (χ0v) is 16.4. The lowest BCUT2D eigenvalue weighted by Crippen LogP contribution is -2.37. The number of allylic oxidation sites excluding steroid dienone is 1. The van der Waals surface area contributed by atoms with Crippen LogP contribution in [-0.2, 0) is 16.0 Å². The predicted molar refractivity (Wildman–Crippen MR) is 100.0 cm³/mol. The van der Waals surface area contributed by atoms with E-state index in [1.54, 1.807) is 27.9 Å². The van der Waals surface area contributed by atoms with Crippen LogP contribution in [-0.4, -0.2) is 36.2 Å². The third-order valence-electron chi connectivity index (χ3n) is 4.90. The first kappa shape index (κ1) is 18.5. The molecule has 0 saturated carbocycles. The van der Waals surface area contributed by atoms with E-state index in [9.17, 15) is 9.59 Å². The largest absolute Gasteiger partial charge is 0.497 e. The number of methoxy groups -OCH3 is 1. The van der Waals surface area contributed by atoms with Crippen LogP contribution in [0.4, 0.5) is 4.79 Å². The molecule has 1 fully saturated rings. The highest BCUT2D eigenvalue weighted by molar-refractivity contribution is 6.10. The minimum Gasteiger partial charge on any atom is -0.497 e. The number of rotatable bonds is 1. The maximum Gasteiger partial charge on any atom is 0.417 e. The highest BCUT2D eigenvalue weighted by Crippen LogP contribution is 2.50. The molecule has 0 radical (unpaired) electrons. The molecule has 0 bridgehead atoms. The second-order valence-electron chi connectivity index (χ2n) is 8.62. The molecule has 5 heteroatoms. The van der Waals surface area contributed by atoms with Crippen LogP contribution >= 0.6 is 0 Å². The summed E-state index contributed by atoms with van der Waals surface area (Å²) in [5, 5.41) is 0. The van der Waals surface area contributed by atoms with Gasteiger partial charge in [-0.3, -0.25) is 4.79 Å². The highest BCUT2D eigenvalue weighted by Gasteiger charge is 2.42. The van der Waals surface area contributed by atoms with E-state index in [1.807, 2.05) is 18.2 Å². The number of ether oxygens (including phenoxy) is 2. The molecule has 3 rings (SSSR count). The third-order valence-corrected chi connectivity index (χ3v) is 4.90. The number of carbonyl (C=O) groups excluding carboxylic acids is 2. The van der Waals surface area contributed by atoms with Gasteiger partial charge in [0.05, 0.1) is 7.11 Å². The summed E-state index contributed by atoms with van der Waals surface area (Å²) >= 11 is 0. The van der Waals surface area contributed by atoms with E-state index < -0.39 is 11.7 Å². The van der Waals surface area contributed by atoms with Crippen LogP contribution in [0.2, 0.25) is 0 Å². The zero-order chi connectivity index (χ0) is 19.3. The van der Waals surface area contributed by atoms with Crippen molar-refractivity contribution in [2.45, 2.75) is 53.1 Å². The number of hydrogen-bond donors (Lipinski definition) is 0. The Kier molecular flexibility index (Phi) is 4.37. The molecule has 5 nitrogen and oxygen atoms in total. The lowest BCUT2D eigenvalue weighted by Gasteiger charge is -2.24. The van der Waals surface area contributed by atoms with E-state index in [0.717, 1.165) is 28.9 Å². The van der Waals surface area contributed by atoms with Crippen molar-refractivity contribution in [3.05, 3.63) is 34.9 Å². The van der Waals surface area contributed by atoms with Crippen molar-refractivity contribution in [2.75, 3.05) is 13.7 Å². The second kappa shape index (κ2) is 6.15. The molecule has 1 saturated heterocycles. The van der Waals surface area contributed by atoms with Crippen LogP contribution < -0.4 is 4.74 Å². The molecule has 0 N–H and O–H groups in total. The standard InChI is InChI=1S/C21H27NO4/c1-20(2,3)26-19(24)22-10-9-16(18(22)23)17-15-8-7-14(25-6)11-13(15)12-21(17,4)5/h7-8,11H,9-10,12H2,1-6H3/b17-16-. The van der Waals surface area contributed by atoms with Crippen LogP contribution in [0.3, 0.4) is 0 Å². The molecule has 140 valence electrons. The summed E-state index contributed by atoms with van der Waals surface area (Å²) in [7, 11) is 1.65. The van der Waals surface area contributed by atoms with E-state index in [0.29, 0.717) is 13.0 Å². The SMILES string of the molecule is COc1ccc2c(c1)CC(C)(C)/C2=C1/CCN(C(=O)OC(C)(C)C)C1=O. The maximum absolute atomic E-state index is 13.0. The van der Waals surface area contributed by atoms with Crippen LogP contribution in [0.1, 0.15) is 52.2 Å². The van der Waals surface area contributed by atoms with Gasteiger partial charge in [-0.25, -0.2) is 9.69 Å². The Hall–Kier alpha value is -2.30. The molecule has 2 aliphatic rings. The molecule has 1 aliphatic carbocycles. The van der Waals surface area contributed by atoms with Gasteiger partial charge in [0.25, 0.3) is 5.91 Å². The number of hydrogen-bond acceptors (Lipinski definition) is 4. The molecule has 2 amide bonds. The van der Waals surface area contributed by atoms with Crippen molar-refractivity contribution in [2.24, 2.45) is 5.41 Å². The van der Waals surface area contributed by atoms with Gasteiger partial charge in [0, 0.05) is 12.1 Å². The Balaban J connectivity index is 1.98. The first-order valence-corrected chi connectivity index (χ1v) is 8.99. The summed E-state index contributed by atoms with van der Waals surface area (Å²) in [6.45, 7) is 10.1.